The average Bonchev–Trinajstić information content (AvgIpc) is 2.49. The maximum atomic E-state index is 12.1. The van der Waals surface area contributed by atoms with Gasteiger partial charge < -0.3 is 5.32 Å². The zero-order valence-electron chi connectivity index (χ0n) is 10.7. The SMILES string of the molecule is O=C(Nc1ccc(Cl)cc1)[C@@H](Cl)[C@@H](Cl)c1ccc(Cl)cc1. The van der Waals surface area contributed by atoms with Crippen LogP contribution in [-0.2, 0) is 4.79 Å². The third-order valence-electron chi connectivity index (χ3n) is 2.81. The molecule has 21 heavy (non-hydrogen) atoms. The average molecular weight is 363 g/mol. The van der Waals surface area contributed by atoms with Crippen molar-refractivity contribution in [2.75, 3.05) is 5.32 Å². The molecule has 0 unspecified atom stereocenters. The van der Waals surface area contributed by atoms with E-state index >= 15 is 0 Å². The largest absolute Gasteiger partial charge is 0.325 e. The van der Waals surface area contributed by atoms with Crippen LogP contribution in [0.3, 0.4) is 0 Å². The van der Waals surface area contributed by atoms with Crippen LogP contribution in [0.15, 0.2) is 48.5 Å². The molecule has 6 heteroatoms. The number of carbonyl (C=O) groups excluding carboxylic acids is 1. The Balaban J connectivity index is 2.04. The number of alkyl halides is 2. The van der Waals surface area contributed by atoms with E-state index < -0.39 is 10.8 Å². The van der Waals surface area contributed by atoms with Crippen molar-refractivity contribution < 1.29 is 4.79 Å². The molecule has 0 aromatic heterocycles. The minimum absolute atomic E-state index is 0.381. The number of benzene rings is 2. The van der Waals surface area contributed by atoms with E-state index in [0.717, 1.165) is 5.56 Å². The molecule has 1 N–H and O–H groups in total. The molecule has 0 spiro atoms. The Hall–Kier alpha value is -0.930. The highest BCUT2D eigenvalue weighted by atomic mass is 35.5. The second kappa shape index (κ2) is 7.37. The lowest BCUT2D eigenvalue weighted by molar-refractivity contribution is -0.115. The summed E-state index contributed by atoms with van der Waals surface area (Å²) < 4.78 is 0. The lowest BCUT2D eigenvalue weighted by atomic mass is 10.1. The summed E-state index contributed by atoms with van der Waals surface area (Å²) in [5.74, 6) is -0.381. The Morgan fingerprint density at radius 1 is 0.857 bits per heavy atom. The Bertz CT molecular complexity index is 613. The first-order chi connectivity index (χ1) is 9.97. The lowest BCUT2D eigenvalue weighted by Crippen LogP contribution is -2.26. The highest BCUT2D eigenvalue weighted by molar-refractivity contribution is 6.38. The zero-order chi connectivity index (χ0) is 15.4. The standard InChI is InChI=1S/C15H11Cl4NO/c16-10-3-1-9(2-4-10)13(18)14(19)15(21)20-12-7-5-11(17)6-8-12/h1-8,13-14H,(H,20,21)/t13-,14-/m0/s1. The molecule has 0 radical (unpaired) electrons. The second-order valence-corrected chi connectivity index (χ2v) is 6.16. The molecule has 0 heterocycles. The maximum Gasteiger partial charge on any atom is 0.244 e. The van der Waals surface area contributed by atoms with Gasteiger partial charge in [-0.2, -0.15) is 0 Å². The van der Waals surface area contributed by atoms with Crippen molar-refractivity contribution in [3.8, 4) is 0 Å². The number of nitrogens with one attached hydrogen (secondary N) is 1. The monoisotopic (exact) mass is 361 g/mol. The molecular weight excluding hydrogens is 352 g/mol. The van der Waals surface area contributed by atoms with E-state index in [4.69, 9.17) is 46.4 Å². The first-order valence-electron chi connectivity index (χ1n) is 6.07. The van der Waals surface area contributed by atoms with Gasteiger partial charge in [0.05, 0.1) is 5.38 Å². The Labute approximate surface area is 143 Å². The summed E-state index contributed by atoms with van der Waals surface area (Å²) >= 11 is 24.0. The van der Waals surface area contributed by atoms with Crippen molar-refractivity contribution in [3.05, 3.63) is 64.1 Å². The minimum Gasteiger partial charge on any atom is -0.325 e. The molecule has 2 rings (SSSR count). The van der Waals surface area contributed by atoms with Gasteiger partial charge in [-0.25, -0.2) is 0 Å². The van der Waals surface area contributed by atoms with Crippen LogP contribution in [-0.4, -0.2) is 11.3 Å². The van der Waals surface area contributed by atoms with Gasteiger partial charge in [0.15, 0.2) is 0 Å². The number of carbonyl (C=O) groups is 1. The Morgan fingerprint density at radius 3 is 1.86 bits per heavy atom. The van der Waals surface area contributed by atoms with Crippen molar-refractivity contribution in [1.82, 2.24) is 0 Å². The van der Waals surface area contributed by atoms with Crippen LogP contribution < -0.4 is 5.32 Å². The van der Waals surface area contributed by atoms with Gasteiger partial charge in [-0.05, 0) is 42.0 Å². The van der Waals surface area contributed by atoms with Crippen molar-refractivity contribution in [3.63, 3.8) is 0 Å². The Morgan fingerprint density at radius 2 is 1.33 bits per heavy atom. The van der Waals surface area contributed by atoms with Crippen molar-refractivity contribution in [1.29, 1.82) is 0 Å². The Kier molecular flexibility index (Phi) is 5.77. The van der Waals surface area contributed by atoms with Gasteiger partial charge in [-0.15, -0.1) is 23.2 Å². The van der Waals surface area contributed by atoms with Gasteiger partial charge in [0.25, 0.3) is 0 Å². The van der Waals surface area contributed by atoms with Crippen LogP contribution in [0, 0.1) is 0 Å². The van der Waals surface area contributed by atoms with Gasteiger partial charge in [0.2, 0.25) is 5.91 Å². The van der Waals surface area contributed by atoms with Gasteiger partial charge in [-0.1, -0.05) is 35.3 Å². The fraction of sp³-hybridized carbons (Fsp3) is 0.133. The summed E-state index contributed by atoms with van der Waals surface area (Å²) in [4.78, 5) is 12.1. The molecule has 110 valence electrons. The van der Waals surface area contributed by atoms with Gasteiger partial charge in [0, 0.05) is 15.7 Å². The van der Waals surface area contributed by atoms with Crippen LogP contribution >= 0.6 is 46.4 Å². The molecular formula is C15H11Cl4NO. The number of amides is 1. The number of hydrogen-bond acceptors (Lipinski definition) is 1. The van der Waals surface area contributed by atoms with Crippen molar-refractivity contribution in [2.45, 2.75) is 10.8 Å². The van der Waals surface area contributed by atoms with Crippen LogP contribution in [0.5, 0.6) is 0 Å². The summed E-state index contributed by atoms with van der Waals surface area (Å²) in [6.45, 7) is 0. The predicted octanol–water partition coefficient (Wildman–Crippen LogP) is 5.52. The highest BCUT2D eigenvalue weighted by Crippen LogP contribution is 2.30. The highest BCUT2D eigenvalue weighted by Gasteiger charge is 2.26. The molecule has 2 nitrogen and oxygen atoms in total. The number of anilines is 1. The third-order valence-corrected chi connectivity index (χ3v) is 4.39. The van der Waals surface area contributed by atoms with E-state index in [9.17, 15) is 4.79 Å². The normalized spacial score (nSPS) is 13.5. The fourth-order valence-corrected chi connectivity index (χ4v) is 2.40. The number of rotatable bonds is 4. The topological polar surface area (TPSA) is 29.1 Å². The van der Waals surface area contributed by atoms with E-state index in [-0.39, 0.29) is 5.91 Å². The summed E-state index contributed by atoms with van der Waals surface area (Å²) in [6.07, 6.45) is 0. The molecule has 2 atom stereocenters. The molecule has 0 aliphatic heterocycles. The maximum absolute atomic E-state index is 12.1. The summed E-state index contributed by atoms with van der Waals surface area (Å²) in [7, 11) is 0. The molecule has 0 aliphatic carbocycles. The molecule has 0 saturated carbocycles. The van der Waals surface area contributed by atoms with Crippen molar-refractivity contribution >= 4 is 58.0 Å². The van der Waals surface area contributed by atoms with Crippen LogP contribution in [0.4, 0.5) is 5.69 Å². The van der Waals surface area contributed by atoms with E-state index in [0.29, 0.717) is 15.7 Å². The zero-order valence-corrected chi connectivity index (χ0v) is 13.7. The van der Waals surface area contributed by atoms with E-state index in [1.165, 1.54) is 0 Å². The van der Waals surface area contributed by atoms with Gasteiger partial charge >= 0.3 is 0 Å². The molecule has 2 aromatic carbocycles. The van der Waals surface area contributed by atoms with E-state index in [1.54, 1.807) is 48.5 Å². The fourth-order valence-electron chi connectivity index (χ4n) is 1.69. The summed E-state index contributed by atoms with van der Waals surface area (Å²) in [6, 6.07) is 13.6. The number of halogens is 4. The molecule has 0 fully saturated rings. The van der Waals surface area contributed by atoms with E-state index in [1.807, 2.05) is 0 Å². The molecule has 1 amide bonds. The quantitative estimate of drug-likeness (QED) is 0.713. The summed E-state index contributed by atoms with van der Waals surface area (Å²) in [5, 5.41) is 2.31. The van der Waals surface area contributed by atoms with Gasteiger partial charge in [0.1, 0.15) is 5.38 Å². The molecule has 2 aromatic rings. The predicted molar refractivity (Wildman–Crippen MR) is 89.8 cm³/mol. The van der Waals surface area contributed by atoms with E-state index in [2.05, 4.69) is 5.32 Å². The lowest BCUT2D eigenvalue weighted by Gasteiger charge is -2.16. The summed E-state index contributed by atoms with van der Waals surface area (Å²) in [5.41, 5.74) is 1.34. The number of hydrogen-bond donors (Lipinski definition) is 1. The molecule has 0 bridgehead atoms. The van der Waals surface area contributed by atoms with Crippen molar-refractivity contribution in [2.24, 2.45) is 0 Å². The minimum atomic E-state index is -0.913. The van der Waals surface area contributed by atoms with Crippen LogP contribution in [0.25, 0.3) is 0 Å². The molecule has 0 saturated heterocycles. The first kappa shape index (κ1) is 16.4. The first-order valence-corrected chi connectivity index (χ1v) is 7.70. The second-order valence-electron chi connectivity index (χ2n) is 4.35. The van der Waals surface area contributed by atoms with Crippen LogP contribution in [0.1, 0.15) is 10.9 Å². The smallest absolute Gasteiger partial charge is 0.244 e. The third kappa shape index (κ3) is 4.52. The van der Waals surface area contributed by atoms with Crippen LogP contribution in [0.2, 0.25) is 10.0 Å². The molecule has 0 aliphatic rings. The van der Waals surface area contributed by atoms with Gasteiger partial charge in [-0.3, -0.25) is 4.79 Å².